The van der Waals surface area contributed by atoms with Crippen molar-refractivity contribution in [2.45, 2.75) is 6.54 Å². The van der Waals surface area contributed by atoms with Crippen LogP contribution in [0.5, 0.6) is 0 Å². The Morgan fingerprint density at radius 2 is 2.25 bits per heavy atom. The van der Waals surface area contributed by atoms with Gasteiger partial charge in [0.25, 0.3) is 0 Å². The summed E-state index contributed by atoms with van der Waals surface area (Å²) >= 11 is 0. The van der Waals surface area contributed by atoms with E-state index in [4.69, 9.17) is 0 Å². The Bertz CT molecular complexity index is 490. The molecular weight excluding hydrogens is 198 g/mol. The average molecular weight is 211 g/mol. The second kappa shape index (κ2) is 3.99. The maximum atomic E-state index is 4.19. The van der Waals surface area contributed by atoms with E-state index in [-0.39, 0.29) is 0 Å². The fourth-order valence-corrected chi connectivity index (χ4v) is 1.78. The molecule has 2 heterocycles. The van der Waals surface area contributed by atoms with Gasteiger partial charge < -0.3 is 10.6 Å². The van der Waals surface area contributed by atoms with Gasteiger partial charge in [-0.05, 0) is 23.8 Å². The molecule has 2 aliphatic rings. The van der Waals surface area contributed by atoms with Crippen LogP contribution in [0.3, 0.4) is 0 Å². The maximum Gasteiger partial charge on any atom is 0.0872 e. The lowest BCUT2D eigenvalue weighted by atomic mass is 10.0. The van der Waals surface area contributed by atoms with Crippen molar-refractivity contribution in [3.8, 4) is 11.8 Å². The smallest absolute Gasteiger partial charge is 0.0872 e. The van der Waals surface area contributed by atoms with Crippen LogP contribution in [0.2, 0.25) is 0 Å². The lowest BCUT2D eigenvalue weighted by molar-refractivity contribution is 0.432. The van der Waals surface area contributed by atoms with Gasteiger partial charge in [0.15, 0.2) is 0 Å². The molecular formula is C13H13N3. The van der Waals surface area contributed by atoms with Gasteiger partial charge in [0.05, 0.1) is 12.9 Å². The molecule has 0 atom stereocenters. The van der Waals surface area contributed by atoms with Crippen molar-refractivity contribution in [1.29, 1.82) is 0 Å². The average Bonchev–Trinajstić information content (AvgIpc) is 2.27. The molecule has 0 amide bonds. The highest BCUT2D eigenvalue weighted by Crippen LogP contribution is 2.20. The quantitative estimate of drug-likeness (QED) is 0.633. The summed E-state index contributed by atoms with van der Waals surface area (Å²) in [5, 5.41) is 6.34. The molecule has 3 nitrogen and oxygen atoms in total. The number of anilines is 1. The number of nitrogens with one attached hydrogen (secondary N) is 2. The standard InChI is InChI=1S/C13H13N3/c1(2-11-6-14-7-11)10-3-4-13-12(5-10)8-15-9-16-13/h3-5,9,11,14H,6-8H2,(H,15,16). The van der Waals surface area contributed by atoms with Crippen molar-refractivity contribution in [2.24, 2.45) is 10.9 Å². The molecule has 0 radical (unpaired) electrons. The van der Waals surface area contributed by atoms with E-state index >= 15 is 0 Å². The second-order valence-corrected chi connectivity index (χ2v) is 4.11. The van der Waals surface area contributed by atoms with Crippen LogP contribution in [0.1, 0.15) is 11.1 Å². The Hall–Kier alpha value is -1.79. The van der Waals surface area contributed by atoms with Crippen LogP contribution in [0.4, 0.5) is 5.69 Å². The fraction of sp³-hybridized carbons (Fsp3) is 0.308. The molecule has 2 N–H and O–H groups in total. The number of hydrogen-bond acceptors (Lipinski definition) is 3. The van der Waals surface area contributed by atoms with Crippen LogP contribution in [-0.2, 0) is 6.54 Å². The van der Waals surface area contributed by atoms with Gasteiger partial charge in [0.2, 0.25) is 0 Å². The minimum Gasteiger partial charge on any atom is -0.346 e. The third kappa shape index (κ3) is 1.80. The van der Waals surface area contributed by atoms with E-state index in [1.807, 2.05) is 0 Å². The summed E-state index contributed by atoms with van der Waals surface area (Å²) in [6, 6.07) is 6.26. The molecule has 1 saturated heterocycles. The minimum atomic E-state index is 0.534. The summed E-state index contributed by atoms with van der Waals surface area (Å²) in [6.07, 6.45) is 1.74. The highest BCUT2D eigenvalue weighted by Gasteiger charge is 2.12. The molecule has 2 aliphatic heterocycles. The molecule has 0 unspecified atom stereocenters. The third-order valence-electron chi connectivity index (χ3n) is 2.88. The van der Waals surface area contributed by atoms with Crippen molar-refractivity contribution < 1.29 is 0 Å². The van der Waals surface area contributed by atoms with Crippen molar-refractivity contribution in [1.82, 2.24) is 5.32 Å². The minimum absolute atomic E-state index is 0.534. The molecule has 80 valence electrons. The van der Waals surface area contributed by atoms with Gasteiger partial charge in [-0.3, -0.25) is 4.99 Å². The number of benzene rings is 1. The second-order valence-electron chi connectivity index (χ2n) is 4.11. The zero-order chi connectivity index (χ0) is 10.8. The van der Waals surface area contributed by atoms with Gasteiger partial charge in [-0.2, -0.15) is 0 Å². The predicted molar refractivity (Wildman–Crippen MR) is 65.5 cm³/mol. The molecule has 1 aromatic rings. The van der Waals surface area contributed by atoms with E-state index in [2.05, 4.69) is 45.7 Å². The first-order valence-corrected chi connectivity index (χ1v) is 5.52. The van der Waals surface area contributed by atoms with E-state index in [9.17, 15) is 0 Å². The summed E-state index contributed by atoms with van der Waals surface area (Å²) in [5.41, 5.74) is 3.46. The van der Waals surface area contributed by atoms with Gasteiger partial charge in [-0.25, -0.2) is 0 Å². The van der Waals surface area contributed by atoms with Gasteiger partial charge in [0, 0.05) is 30.3 Å². The molecule has 0 aliphatic carbocycles. The first-order chi connectivity index (χ1) is 7.92. The molecule has 0 saturated carbocycles. The normalized spacial score (nSPS) is 17.8. The van der Waals surface area contributed by atoms with Crippen LogP contribution in [0, 0.1) is 17.8 Å². The number of nitrogens with zero attached hydrogens (tertiary/aromatic N) is 1. The van der Waals surface area contributed by atoms with Crippen LogP contribution >= 0.6 is 0 Å². The van der Waals surface area contributed by atoms with Crippen molar-refractivity contribution in [3.63, 3.8) is 0 Å². The summed E-state index contributed by atoms with van der Waals surface area (Å²) in [6.45, 7) is 2.82. The first-order valence-electron chi connectivity index (χ1n) is 5.52. The Kier molecular flexibility index (Phi) is 2.35. The highest BCUT2D eigenvalue weighted by atomic mass is 15.0. The topological polar surface area (TPSA) is 36.4 Å². The predicted octanol–water partition coefficient (Wildman–Crippen LogP) is 1.21. The van der Waals surface area contributed by atoms with Gasteiger partial charge in [-0.1, -0.05) is 11.8 Å². The number of rotatable bonds is 0. The van der Waals surface area contributed by atoms with Crippen LogP contribution < -0.4 is 10.6 Å². The molecule has 1 fully saturated rings. The molecule has 3 heteroatoms. The lowest BCUT2D eigenvalue weighted by Crippen LogP contribution is -2.40. The zero-order valence-electron chi connectivity index (χ0n) is 8.96. The van der Waals surface area contributed by atoms with E-state index < -0.39 is 0 Å². The van der Waals surface area contributed by atoms with Crippen molar-refractivity contribution in [2.75, 3.05) is 18.4 Å². The van der Waals surface area contributed by atoms with Crippen LogP contribution in [0.15, 0.2) is 23.2 Å². The van der Waals surface area contributed by atoms with Gasteiger partial charge in [-0.15, -0.1) is 0 Å². The summed E-state index contributed by atoms with van der Waals surface area (Å²) < 4.78 is 0. The Labute approximate surface area is 95.0 Å². The van der Waals surface area contributed by atoms with Crippen LogP contribution in [-0.4, -0.2) is 19.4 Å². The summed E-state index contributed by atoms with van der Waals surface area (Å²) in [5.74, 6) is 7.03. The highest BCUT2D eigenvalue weighted by molar-refractivity contribution is 5.79. The molecule has 16 heavy (non-hydrogen) atoms. The summed E-state index contributed by atoms with van der Waals surface area (Å²) in [7, 11) is 0. The van der Waals surface area contributed by atoms with E-state index in [0.29, 0.717) is 5.92 Å². The Balaban J connectivity index is 1.82. The van der Waals surface area contributed by atoms with Gasteiger partial charge >= 0.3 is 0 Å². The largest absolute Gasteiger partial charge is 0.346 e. The van der Waals surface area contributed by atoms with Crippen LogP contribution in [0.25, 0.3) is 0 Å². The van der Waals surface area contributed by atoms with Crippen molar-refractivity contribution in [3.05, 3.63) is 29.3 Å². The Morgan fingerprint density at radius 3 is 3.06 bits per heavy atom. The van der Waals surface area contributed by atoms with Crippen molar-refractivity contribution >= 4 is 12.0 Å². The number of hydrogen-bond donors (Lipinski definition) is 2. The molecule has 1 aromatic carbocycles. The first kappa shape index (κ1) is 9.44. The Morgan fingerprint density at radius 1 is 1.31 bits per heavy atom. The molecule has 0 spiro atoms. The fourth-order valence-electron chi connectivity index (χ4n) is 1.78. The maximum absolute atomic E-state index is 4.19. The zero-order valence-corrected chi connectivity index (χ0v) is 8.96. The lowest BCUT2D eigenvalue weighted by Gasteiger charge is -2.21. The number of fused-ring (bicyclic) bond motifs is 1. The third-order valence-corrected chi connectivity index (χ3v) is 2.88. The molecule has 0 bridgehead atoms. The van der Waals surface area contributed by atoms with E-state index in [1.54, 1.807) is 6.34 Å². The monoisotopic (exact) mass is 211 g/mol. The van der Waals surface area contributed by atoms with Gasteiger partial charge in [0.1, 0.15) is 0 Å². The summed E-state index contributed by atoms with van der Waals surface area (Å²) in [4.78, 5) is 4.19. The van der Waals surface area contributed by atoms with E-state index in [1.165, 1.54) is 5.56 Å². The SMILES string of the molecule is C(#CC1CNC1)c1ccc2c(c1)CN=CN2. The molecule has 3 rings (SSSR count). The molecule has 0 aromatic heterocycles. The van der Waals surface area contributed by atoms with E-state index in [0.717, 1.165) is 30.9 Å². The number of aliphatic imine (C=N–C) groups is 1.